The zero-order valence-electron chi connectivity index (χ0n) is 11.4. The van der Waals surface area contributed by atoms with Crippen molar-refractivity contribution in [3.05, 3.63) is 53.2 Å². The Labute approximate surface area is 118 Å². The number of methoxy groups -OCH3 is 1. The summed E-state index contributed by atoms with van der Waals surface area (Å²) in [6.45, 7) is 0.415. The summed E-state index contributed by atoms with van der Waals surface area (Å²) in [5.41, 5.74) is 3.11. The van der Waals surface area contributed by atoms with E-state index in [4.69, 9.17) is 9.47 Å². The van der Waals surface area contributed by atoms with Crippen molar-refractivity contribution in [1.82, 2.24) is 4.98 Å². The highest BCUT2D eigenvalue weighted by Crippen LogP contribution is 2.33. The minimum atomic E-state index is -0.322. The van der Waals surface area contributed by atoms with Gasteiger partial charge in [0.05, 0.1) is 18.8 Å². The second-order valence-corrected chi connectivity index (χ2v) is 4.88. The highest BCUT2D eigenvalue weighted by molar-refractivity contribution is 5.40. The van der Waals surface area contributed by atoms with Crippen LogP contribution in [0, 0.1) is 0 Å². The molecule has 1 aromatic carbocycles. The number of aliphatic hydroxyl groups is 1. The zero-order chi connectivity index (χ0) is 13.9. The van der Waals surface area contributed by atoms with Crippen molar-refractivity contribution in [3.8, 4) is 11.6 Å². The van der Waals surface area contributed by atoms with Crippen LogP contribution in [0.25, 0.3) is 0 Å². The number of nitrogens with zero attached hydrogens (tertiary/aromatic N) is 1. The van der Waals surface area contributed by atoms with E-state index in [-0.39, 0.29) is 6.10 Å². The molecule has 1 heterocycles. The third kappa shape index (κ3) is 2.47. The number of aliphatic hydroxyl groups excluding tert-OH is 1. The molecule has 0 fully saturated rings. The molecule has 0 saturated heterocycles. The van der Waals surface area contributed by atoms with Crippen molar-refractivity contribution in [2.24, 2.45) is 0 Å². The molecule has 4 heteroatoms. The molecule has 1 aromatic heterocycles. The largest absolute Gasteiger partial charge is 0.489 e. The summed E-state index contributed by atoms with van der Waals surface area (Å²) in [5.74, 6) is 1.40. The van der Waals surface area contributed by atoms with Gasteiger partial charge in [-0.05, 0) is 48.2 Å². The Morgan fingerprint density at radius 1 is 1.35 bits per heavy atom. The molecule has 0 saturated carbocycles. The Balaban J connectivity index is 1.73. The predicted molar refractivity (Wildman–Crippen MR) is 74.8 cm³/mol. The van der Waals surface area contributed by atoms with Gasteiger partial charge in [0.15, 0.2) is 0 Å². The molecule has 0 amide bonds. The van der Waals surface area contributed by atoms with Gasteiger partial charge < -0.3 is 14.6 Å². The number of hydrogen-bond donors (Lipinski definition) is 1. The van der Waals surface area contributed by atoms with E-state index in [0.717, 1.165) is 29.7 Å². The molecule has 0 spiro atoms. The van der Waals surface area contributed by atoms with Crippen LogP contribution in [0.3, 0.4) is 0 Å². The summed E-state index contributed by atoms with van der Waals surface area (Å²) in [7, 11) is 1.60. The summed E-state index contributed by atoms with van der Waals surface area (Å²) in [5, 5.41) is 9.78. The Morgan fingerprint density at radius 2 is 2.25 bits per heavy atom. The minimum absolute atomic E-state index is 0.322. The number of hydrogen-bond acceptors (Lipinski definition) is 4. The first-order chi connectivity index (χ1) is 9.78. The van der Waals surface area contributed by atoms with E-state index in [1.165, 1.54) is 5.56 Å². The molecular formula is C16H17NO3. The molecule has 1 aliphatic carbocycles. The van der Waals surface area contributed by atoms with E-state index in [0.29, 0.717) is 12.5 Å². The predicted octanol–water partition coefficient (Wildman–Crippen LogP) is 2.65. The fourth-order valence-corrected chi connectivity index (χ4v) is 2.54. The van der Waals surface area contributed by atoms with Crippen LogP contribution < -0.4 is 9.47 Å². The highest BCUT2D eigenvalue weighted by atomic mass is 16.5. The topological polar surface area (TPSA) is 51.6 Å². The first-order valence-electron chi connectivity index (χ1n) is 6.69. The van der Waals surface area contributed by atoms with E-state index >= 15 is 0 Å². The van der Waals surface area contributed by atoms with E-state index < -0.39 is 0 Å². The standard InChI is InChI=1S/C16H17NO3/c1-19-16-12(3-2-8-17-16)10-20-13-5-6-14-11(9-13)4-7-15(14)18/h2-3,5-6,8-9,15,18H,4,7,10H2,1H3/t15-/m0/s1. The molecule has 1 N–H and O–H groups in total. The maximum Gasteiger partial charge on any atom is 0.219 e. The Kier molecular flexibility index (Phi) is 3.56. The summed E-state index contributed by atoms with van der Waals surface area (Å²) >= 11 is 0. The number of pyridine rings is 1. The van der Waals surface area contributed by atoms with E-state index in [2.05, 4.69) is 4.98 Å². The van der Waals surface area contributed by atoms with E-state index in [9.17, 15) is 5.11 Å². The van der Waals surface area contributed by atoms with Crippen LogP contribution in [0.1, 0.15) is 29.2 Å². The number of aryl methyl sites for hydroxylation is 1. The van der Waals surface area contributed by atoms with Crippen molar-refractivity contribution in [3.63, 3.8) is 0 Å². The van der Waals surface area contributed by atoms with Crippen LogP contribution >= 0.6 is 0 Å². The van der Waals surface area contributed by atoms with Gasteiger partial charge in [0.2, 0.25) is 5.88 Å². The maximum atomic E-state index is 9.78. The van der Waals surface area contributed by atoms with E-state index in [1.54, 1.807) is 13.3 Å². The molecule has 0 bridgehead atoms. The second-order valence-electron chi connectivity index (χ2n) is 4.88. The number of fused-ring (bicyclic) bond motifs is 1. The third-order valence-electron chi connectivity index (χ3n) is 3.60. The number of aromatic nitrogens is 1. The van der Waals surface area contributed by atoms with Gasteiger partial charge >= 0.3 is 0 Å². The van der Waals surface area contributed by atoms with Crippen molar-refractivity contribution in [2.75, 3.05) is 7.11 Å². The van der Waals surface area contributed by atoms with Crippen LogP contribution in [-0.2, 0) is 13.0 Å². The third-order valence-corrected chi connectivity index (χ3v) is 3.60. The molecule has 2 aromatic rings. The van der Waals surface area contributed by atoms with Crippen molar-refractivity contribution in [2.45, 2.75) is 25.6 Å². The van der Waals surface area contributed by atoms with Gasteiger partial charge in [0, 0.05) is 6.20 Å². The molecule has 0 aliphatic heterocycles. The molecule has 3 rings (SSSR count). The van der Waals surface area contributed by atoms with Crippen molar-refractivity contribution < 1.29 is 14.6 Å². The van der Waals surface area contributed by atoms with E-state index in [1.807, 2.05) is 30.3 Å². The lowest BCUT2D eigenvalue weighted by Gasteiger charge is -2.10. The normalized spacial score (nSPS) is 16.8. The van der Waals surface area contributed by atoms with Gasteiger partial charge in [-0.25, -0.2) is 4.98 Å². The maximum absolute atomic E-state index is 9.78. The van der Waals surface area contributed by atoms with Gasteiger partial charge in [0.25, 0.3) is 0 Å². The van der Waals surface area contributed by atoms with Crippen LogP contribution in [0.4, 0.5) is 0 Å². The molecule has 0 unspecified atom stereocenters. The van der Waals surface area contributed by atoms with Crippen molar-refractivity contribution in [1.29, 1.82) is 0 Å². The Morgan fingerprint density at radius 3 is 3.10 bits per heavy atom. The SMILES string of the molecule is COc1ncccc1COc1ccc2c(c1)CC[C@@H]2O. The lowest BCUT2D eigenvalue weighted by Crippen LogP contribution is -2.00. The minimum Gasteiger partial charge on any atom is -0.489 e. The summed E-state index contributed by atoms with van der Waals surface area (Å²) in [6, 6.07) is 9.65. The quantitative estimate of drug-likeness (QED) is 0.928. The Hall–Kier alpha value is -2.07. The molecule has 4 nitrogen and oxygen atoms in total. The lowest BCUT2D eigenvalue weighted by atomic mass is 10.1. The molecular weight excluding hydrogens is 254 g/mol. The van der Waals surface area contributed by atoms with Crippen LogP contribution in [-0.4, -0.2) is 17.2 Å². The molecule has 20 heavy (non-hydrogen) atoms. The molecule has 1 aliphatic rings. The lowest BCUT2D eigenvalue weighted by molar-refractivity contribution is 0.180. The van der Waals surface area contributed by atoms with Crippen LogP contribution in [0.15, 0.2) is 36.5 Å². The first-order valence-corrected chi connectivity index (χ1v) is 6.69. The molecule has 0 radical (unpaired) electrons. The van der Waals surface area contributed by atoms with Gasteiger partial charge in [-0.2, -0.15) is 0 Å². The summed E-state index contributed by atoms with van der Waals surface area (Å²) < 4.78 is 11.0. The van der Waals surface area contributed by atoms with Crippen molar-refractivity contribution >= 4 is 0 Å². The number of ether oxygens (including phenoxy) is 2. The molecule has 1 atom stereocenters. The van der Waals surface area contributed by atoms with Gasteiger partial charge in [-0.1, -0.05) is 6.07 Å². The Bertz CT molecular complexity index is 612. The number of rotatable bonds is 4. The number of benzene rings is 1. The van der Waals surface area contributed by atoms with Gasteiger partial charge in [-0.3, -0.25) is 0 Å². The smallest absolute Gasteiger partial charge is 0.219 e. The second kappa shape index (κ2) is 5.51. The first kappa shape index (κ1) is 12.9. The average Bonchev–Trinajstić information content (AvgIpc) is 2.86. The van der Waals surface area contributed by atoms with Gasteiger partial charge in [0.1, 0.15) is 12.4 Å². The fraction of sp³-hybridized carbons (Fsp3) is 0.312. The fourth-order valence-electron chi connectivity index (χ4n) is 2.54. The van der Waals surface area contributed by atoms with Crippen LogP contribution in [0.5, 0.6) is 11.6 Å². The summed E-state index contributed by atoms with van der Waals surface area (Å²) in [4.78, 5) is 4.14. The van der Waals surface area contributed by atoms with Crippen LogP contribution in [0.2, 0.25) is 0 Å². The average molecular weight is 271 g/mol. The molecule has 104 valence electrons. The summed E-state index contributed by atoms with van der Waals surface area (Å²) in [6.07, 6.45) is 3.08. The highest BCUT2D eigenvalue weighted by Gasteiger charge is 2.20. The van der Waals surface area contributed by atoms with Gasteiger partial charge in [-0.15, -0.1) is 0 Å². The zero-order valence-corrected chi connectivity index (χ0v) is 11.4. The monoisotopic (exact) mass is 271 g/mol.